The average molecular weight is 1100 g/mol. The molecule has 0 aromatic carbocycles. The van der Waals surface area contributed by atoms with E-state index in [1.54, 1.807) is 0 Å². The minimum absolute atomic E-state index is 0.0799. The van der Waals surface area contributed by atoms with Crippen LogP contribution in [0.4, 0.5) is 0 Å². The van der Waals surface area contributed by atoms with Crippen molar-refractivity contribution in [3.8, 4) is 0 Å². The number of unbranched alkanes of at least 4 members (excludes halogenated alkanes) is 37. The predicted octanol–water partition coefficient (Wildman–Crippen LogP) is 23.4. The summed E-state index contributed by atoms with van der Waals surface area (Å²) in [6, 6.07) is 0. The number of carbonyl (C=O) groups excluding carboxylic acids is 3. The summed E-state index contributed by atoms with van der Waals surface area (Å²) in [5.74, 6) is -0.876. The lowest BCUT2D eigenvalue weighted by Crippen LogP contribution is -2.30. The Morgan fingerprint density at radius 2 is 0.494 bits per heavy atom. The molecule has 0 aliphatic rings. The maximum Gasteiger partial charge on any atom is 0.306 e. The molecule has 0 amide bonds. The van der Waals surface area contributed by atoms with E-state index in [-0.39, 0.29) is 31.1 Å². The van der Waals surface area contributed by atoms with Crippen LogP contribution >= 0.6 is 0 Å². The molecular weight excluding hydrogens is 973 g/mol. The fourth-order valence-electron chi connectivity index (χ4n) is 9.76. The molecule has 0 N–H and O–H groups in total. The van der Waals surface area contributed by atoms with Gasteiger partial charge < -0.3 is 14.2 Å². The molecule has 0 spiro atoms. The molecule has 1 unspecified atom stereocenters. The SMILES string of the molecule is CC/C=C\C/C=C\C/C=C\C/C=C\CCCCCCCCCCCCC(=O)OCC(COC(=O)CCCCCCCCC/C=C\CCCCCCCC)OC(=O)CCCCCCCCCCC/C=C\C/C=C\CCCCCCC. The van der Waals surface area contributed by atoms with Crippen molar-refractivity contribution in [1.82, 2.24) is 0 Å². The van der Waals surface area contributed by atoms with Gasteiger partial charge in [0.15, 0.2) is 6.10 Å². The van der Waals surface area contributed by atoms with Crippen molar-refractivity contribution >= 4 is 17.9 Å². The maximum absolute atomic E-state index is 13.0. The molecule has 0 rings (SSSR count). The molecule has 1 atom stereocenters. The monoisotopic (exact) mass is 1100 g/mol. The zero-order chi connectivity index (χ0) is 57.1. The lowest BCUT2D eigenvalue weighted by Gasteiger charge is -2.18. The van der Waals surface area contributed by atoms with E-state index in [4.69, 9.17) is 14.2 Å². The third-order valence-corrected chi connectivity index (χ3v) is 14.9. The third kappa shape index (κ3) is 65.3. The lowest BCUT2D eigenvalue weighted by atomic mass is 10.1. The number of allylic oxidation sites excluding steroid dienone is 14. The van der Waals surface area contributed by atoms with E-state index in [0.29, 0.717) is 19.3 Å². The number of hydrogen-bond acceptors (Lipinski definition) is 6. The summed E-state index contributed by atoms with van der Waals surface area (Å²) in [6.07, 6.45) is 88.7. The summed E-state index contributed by atoms with van der Waals surface area (Å²) >= 11 is 0. The normalized spacial score (nSPS) is 12.6. The van der Waals surface area contributed by atoms with Crippen molar-refractivity contribution in [2.45, 2.75) is 348 Å². The molecule has 6 nitrogen and oxygen atoms in total. The van der Waals surface area contributed by atoms with E-state index in [1.807, 2.05) is 0 Å². The first-order chi connectivity index (χ1) is 39.0. The topological polar surface area (TPSA) is 78.9 Å². The highest BCUT2D eigenvalue weighted by Crippen LogP contribution is 2.17. The van der Waals surface area contributed by atoms with E-state index in [9.17, 15) is 14.4 Å². The van der Waals surface area contributed by atoms with Crippen molar-refractivity contribution in [3.63, 3.8) is 0 Å². The fraction of sp³-hybridized carbons (Fsp3) is 0.767. The number of rotatable bonds is 62. The second-order valence-corrected chi connectivity index (χ2v) is 22.7. The number of hydrogen-bond donors (Lipinski definition) is 0. The fourth-order valence-corrected chi connectivity index (χ4v) is 9.76. The molecule has 0 aliphatic heterocycles. The van der Waals surface area contributed by atoms with Crippen LogP contribution in [0, 0.1) is 0 Å². The quantitative estimate of drug-likeness (QED) is 0.0261. The Labute approximate surface area is 490 Å². The highest BCUT2D eigenvalue weighted by Gasteiger charge is 2.19. The second kappa shape index (κ2) is 67.1. The molecule has 0 aromatic rings. The molecule has 0 saturated heterocycles. The van der Waals surface area contributed by atoms with Gasteiger partial charge in [-0.15, -0.1) is 0 Å². The van der Waals surface area contributed by atoms with Crippen molar-refractivity contribution in [2.75, 3.05) is 13.2 Å². The standard InChI is InChI=1S/C73H128O6/c1-4-7-10-13-16-19-22-25-28-31-33-35-36-38-39-42-45-48-51-54-57-60-63-66-72(75)78-69-70(68-77-71(74)65-62-59-56-53-50-47-44-41-30-27-24-21-18-15-12-9-6-3)79-73(76)67-64-61-58-55-52-49-46-43-40-37-34-32-29-26-23-20-17-14-11-8-5-2/h7,10,16,19,23,25-28,30,32-35,70H,4-6,8-9,11-15,17-18,20-22,24,29,31,36-69H2,1-3H3/b10-7-,19-16-,26-23-,28-25-,30-27-,34-32-,35-33-. The predicted molar refractivity (Wildman–Crippen MR) is 344 cm³/mol. The molecule has 0 bridgehead atoms. The molecule has 79 heavy (non-hydrogen) atoms. The Morgan fingerprint density at radius 1 is 0.266 bits per heavy atom. The van der Waals surface area contributed by atoms with Crippen LogP contribution in [0.5, 0.6) is 0 Å². The van der Waals surface area contributed by atoms with Crippen molar-refractivity contribution < 1.29 is 28.6 Å². The Balaban J connectivity index is 4.37. The molecule has 0 radical (unpaired) electrons. The van der Waals surface area contributed by atoms with Crippen molar-refractivity contribution in [2.24, 2.45) is 0 Å². The van der Waals surface area contributed by atoms with E-state index >= 15 is 0 Å². The minimum atomic E-state index is -0.784. The van der Waals surface area contributed by atoms with Crippen molar-refractivity contribution in [3.05, 3.63) is 85.1 Å². The third-order valence-electron chi connectivity index (χ3n) is 14.9. The number of ether oxygens (including phenoxy) is 3. The van der Waals surface area contributed by atoms with Gasteiger partial charge in [-0.3, -0.25) is 14.4 Å². The van der Waals surface area contributed by atoms with Crippen LogP contribution < -0.4 is 0 Å². The van der Waals surface area contributed by atoms with E-state index in [2.05, 4.69) is 106 Å². The average Bonchev–Trinajstić information content (AvgIpc) is 3.45. The Kier molecular flexibility index (Phi) is 64.2. The van der Waals surface area contributed by atoms with E-state index < -0.39 is 6.10 Å². The summed E-state index contributed by atoms with van der Waals surface area (Å²) in [6.45, 7) is 6.55. The first-order valence-corrected chi connectivity index (χ1v) is 34.1. The number of esters is 3. The second-order valence-electron chi connectivity index (χ2n) is 22.7. The van der Waals surface area contributed by atoms with Gasteiger partial charge in [-0.1, -0.05) is 292 Å². The van der Waals surface area contributed by atoms with E-state index in [1.165, 1.54) is 212 Å². The summed E-state index contributed by atoms with van der Waals surface area (Å²) in [7, 11) is 0. The molecule has 0 fully saturated rings. The van der Waals surface area contributed by atoms with Gasteiger partial charge in [0.1, 0.15) is 13.2 Å². The van der Waals surface area contributed by atoms with Gasteiger partial charge >= 0.3 is 17.9 Å². The van der Waals surface area contributed by atoms with Gasteiger partial charge in [-0.25, -0.2) is 0 Å². The first-order valence-electron chi connectivity index (χ1n) is 34.1. The molecule has 0 aromatic heterocycles. The zero-order valence-electron chi connectivity index (χ0n) is 52.4. The Hall–Kier alpha value is -3.41. The van der Waals surface area contributed by atoms with Gasteiger partial charge in [-0.05, 0) is 116 Å². The molecule has 6 heteroatoms. The molecule has 0 saturated carbocycles. The smallest absolute Gasteiger partial charge is 0.306 e. The summed E-state index contributed by atoms with van der Waals surface area (Å²) in [5.41, 5.74) is 0. The Morgan fingerprint density at radius 3 is 0.785 bits per heavy atom. The van der Waals surface area contributed by atoms with Crippen LogP contribution in [0.3, 0.4) is 0 Å². The molecule has 0 aliphatic carbocycles. The number of carbonyl (C=O) groups is 3. The van der Waals surface area contributed by atoms with Crippen LogP contribution in [0.25, 0.3) is 0 Å². The van der Waals surface area contributed by atoms with Crippen LogP contribution in [0.2, 0.25) is 0 Å². The largest absolute Gasteiger partial charge is 0.462 e. The molecular formula is C73H128O6. The van der Waals surface area contributed by atoms with Gasteiger partial charge in [-0.2, -0.15) is 0 Å². The first kappa shape index (κ1) is 75.6. The summed E-state index contributed by atoms with van der Waals surface area (Å²) < 4.78 is 17.0. The van der Waals surface area contributed by atoms with Gasteiger partial charge in [0.2, 0.25) is 0 Å². The summed E-state index contributed by atoms with van der Waals surface area (Å²) in [4.78, 5) is 38.4. The van der Waals surface area contributed by atoms with Crippen LogP contribution in [-0.2, 0) is 28.6 Å². The highest BCUT2D eigenvalue weighted by atomic mass is 16.6. The van der Waals surface area contributed by atoms with Crippen LogP contribution in [0.1, 0.15) is 342 Å². The van der Waals surface area contributed by atoms with Crippen molar-refractivity contribution in [1.29, 1.82) is 0 Å². The zero-order valence-corrected chi connectivity index (χ0v) is 52.4. The Bertz CT molecular complexity index is 1500. The maximum atomic E-state index is 13.0. The lowest BCUT2D eigenvalue weighted by molar-refractivity contribution is -0.167. The van der Waals surface area contributed by atoms with Crippen LogP contribution in [-0.4, -0.2) is 37.2 Å². The highest BCUT2D eigenvalue weighted by molar-refractivity contribution is 5.71. The van der Waals surface area contributed by atoms with Gasteiger partial charge in [0.25, 0.3) is 0 Å². The van der Waals surface area contributed by atoms with E-state index in [0.717, 1.165) is 89.9 Å². The van der Waals surface area contributed by atoms with Crippen LogP contribution in [0.15, 0.2) is 85.1 Å². The van der Waals surface area contributed by atoms with Gasteiger partial charge in [0, 0.05) is 19.3 Å². The molecule has 456 valence electrons. The summed E-state index contributed by atoms with van der Waals surface area (Å²) in [5, 5.41) is 0. The molecule has 0 heterocycles. The van der Waals surface area contributed by atoms with Gasteiger partial charge in [0.05, 0.1) is 0 Å². The minimum Gasteiger partial charge on any atom is -0.462 e.